The molecule has 1 amide bonds. The van der Waals surface area contributed by atoms with Crippen molar-refractivity contribution in [1.29, 1.82) is 0 Å². The second kappa shape index (κ2) is 7.43. The molecule has 1 aliphatic heterocycles. The van der Waals surface area contributed by atoms with Gasteiger partial charge >= 0.3 is 0 Å². The SMILES string of the molecule is CCCCCC(=O)N[C@@H]1CCOC[C@@H]1C(C)=O. The smallest absolute Gasteiger partial charge is 0.220 e. The number of ketones is 1. The fourth-order valence-corrected chi connectivity index (χ4v) is 2.13. The maximum Gasteiger partial charge on any atom is 0.220 e. The number of hydrogen-bond acceptors (Lipinski definition) is 3. The van der Waals surface area contributed by atoms with Gasteiger partial charge in [0.2, 0.25) is 5.91 Å². The molecular formula is C13H23NO3. The van der Waals surface area contributed by atoms with Gasteiger partial charge < -0.3 is 10.1 Å². The number of nitrogens with one attached hydrogen (secondary N) is 1. The van der Waals surface area contributed by atoms with Crippen molar-refractivity contribution in [2.45, 2.75) is 52.0 Å². The summed E-state index contributed by atoms with van der Waals surface area (Å²) in [5.74, 6) is -0.000895. The highest BCUT2D eigenvalue weighted by molar-refractivity contribution is 5.81. The summed E-state index contributed by atoms with van der Waals surface area (Å²) in [5.41, 5.74) is 0. The van der Waals surface area contributed by atoms with Gasteiger partial charge in [0.1, 0.15) is 5.78 Å². The second-order valence-electron chi connectivity index (χ2n) is 4.71. The lowest BCUT2D eigenvalue weighted by atomic mass is 9.92. The van der Waals surface area contributed by atoms with Crippen LogP contribution in [0.15, 0.2) is 0 Å². The highest BCUT2D eigenvalue weighted by Gasteiger charge is 2.30. The molecule has 1 N–H and O–H groups in total. The number of Topliss-reactive ketones (excluding diaryl/α,β-unsaturated/α-hetero) is 1. The minimum Gasteiger partial charge on any atom is -0.381 e. The highest BCUT2D eigenvalue weighted by Crippen LogP contribution is 2.16. The largest absolute Gasteiger partial charge is 0.381 e. The monoisotopic (exact) mass is 241 g/mol. The molecule has 0 aromatic rings. The van der Waals surface area contributed by atoms with E-state index in [1.165, 1.54) is 0 Å². The van der Waals surface area contributed by atoms with E-state index in [1.54, 1.807) is 6.92 Å². The van der Waals surface area contributed by atoms with Gasteiger partial charge in [0.05, 0.1) is 12.5 Å². The van der Waals surface area contributed by atoms with Crippen LogP contribution >= 0.6 is 0 Å². The molecule has 0 radical (unpaired) electrons. The summed E-state index contributed by atoms with van der Waals surface area (Å²) < 4.78 is 5.28. The Morgan fingerprint density at radius 3 is 2.76 bits per heavy atom. The molecule has 0 spiro atoms. The van der Waals surface area contributed by atoms with E-state index in [0.29, 0.717) is 19.6 Å². The molecule has 17 heavy (non-hydrogen) atoms. The Labute approximate surface area is 103 Å². The number of rotatable bonds is 6. The molecule has 0 aromatic carbocycles. The Bertz CT molecular complexity index is 265. The van der Waals surface area contributed by atoms with E-state index in [2.05, 4.69) is 12.2 Å². The molecule has 0 saturated carbocycles. The van der Waals surface area contributed by atoms with Crippen LogP contribution in [0, 0.1) is 5.92 Å². The zero-order valence-electron chi connectivity index (χ0n) is 10.8. The van der Waals surface area contributed by atoms with Crippen molar-refractivity contribution >= 4 is 11.7 Å². The predicted molar refractivity (Wildman–Crippen MR) is 65.7 cm³/mol. The van der Waals surface area contributed by atoms with E-state index in [4.69, 9.17) is 4.74 Å². The molecule has 1 aliphatic rings. The van der Waals surface area contributed by atoms with Gasteiger partial charge in [-0.25, -0.2) is 0 Å². The Balaban J connectivity index is 2.36. The van der Waals surface area contributed by atoms with Crippen molar-refractivity contribution in [1.82, 2.24) is 5.32 Å². The number of hydrogen-bond donors (Lipinski definition) is 1. The average molecular weight is 241 g/mol. The fraction of sp³-hybridized carbons (Fsp3) is 0.846. The van der Waals surface area contributed by atoms with Crippen LogP contribution < -0.4 is 5.32 Å². The standard InChI is InChI=1S/C13H23NO3/c1-3-4-5-6-13(16)14-12-7-8-17-9-11(12)10(2)15/h11-12H,3-9H2,1-2H3,(H,14,16)/t11-,12-/m1/s1. The second-order valence-corrected chi connectivity index (χ2v) is 4.71. The highest BCUT2D eigenvalue weighted by atomic mass is 16.5. The lowest BCUT2D eigenvalue weighted by molar-refractivity contribution is -0.128. The molecule has 98 valence electrons. The molecule has 0 aromatic heterocycles. The molecule has 0 aliphatic carbocycles. The Morgan fingerprint density at radius 2 is 2.12 bits per heavy atom. The molecule has 0 bridgehead atoms. The third kappa shape index (κ3) is 4.86. The van der Waals surface area contributed by atoms with Crippen molar-refractivity contribution < 1.29 is 14.3 Å². The number of amides is 1. The Morgan fingerprint density at radius 1 is 1.35 bits per heavy atom. The molecule has 4 nitrogen and oxygen atoms in total. The number of unbranched alkanes of at least 4 members (excludes halogenated alkanes) is 2. The van der Waals surface area contributed by atoms with E-state index >= 15 is 0 Å². The normalized spacial score (nSPS) is 24.4. The first-order chi connectivity index (χ1) is 8.15. The zero-order chi connectivity index (χ0) is 12.7. The van der Waals surface area contributed by atoms with Crippen LogP contribution in [0.2, 0.25) is 0 Å². The quantitative estimate of drug-likeness (QED) is 0.720. The fourth-order valence-electron chi connectivity index (χ4n) is 2.13. The van der Waals surface area contributed by atoms with Crippen LogP contribution in [0.25, 0.3) is 0 Å². The third-order valence-electron chi connectivity index (χ3n) is 3.23. The minimum atomic E-state index is -0.168. The van der Waals surface area contributed by atoms with Gasteiger partial charge in [-0.15, -0.1) is 0 Å². The number of ether oxygens (including phenoxy) is 1. The summed E-state index contributed by atoms with van der Waals surface area (Å²) in [6.07, 6.45) is 4.42. The predicted octanol–water partition coefficient (Wildman–Crippen LogP) is 1.68. The van der Waals surface area contributed by atoms with E-state index in [9.17, 15) is 9.59 Å². The molecule has 0 unspecified atom stereocenters. The van der Waals surface area contributed by atoms with Crippen molar-refractivity contribution in [3.8, 4) is 0 Å². The van der Waals surface area contributed by atoms with Crippen molar-refractivity contribution in [3.63, 3.8) is 0 Å². The summed E-state index contributed by atoms with van der Waals surface area (Å²) >= 11 is 0. The first kappa shape index (κ1) is 14.2. The van der Waals surface area contributed by atoms with Crippen molar-refractivity contribution in [2.75, 3.05) is 13.2 Å². The third-order valence-corrected chi connectivity index (χ3v) is 3.23. The summed E-state index contributed by atoms with van der Waals surface area (Å²) in [7, 11) is 0. The van der Waals surface area contributed by atoms with Crippen molar-refractivity contribution in [3.05, 3.63) is 0 Å². The number of carbonyl (C=O) groups is 2. The van der Waals surface area contributed by atoms with Crippen LogP contribution in [-0.4, -0.2) is 30.9 Å². The van der Waals surface area contributed by atoms with E-state index in [1.807, 2.05) is 0 Å². The lowest BCUT2D eigenvalue weighted by Crippen LogP contribution is -2.48. The summed E-state index contributed by atoms with van der Waals surface area (Å²) in [5, 5.41) is 2.97. The first-order valence-corrected chi connectivity index (χ1v) is 6.52. The van der Waals surface area contributed by atoms with Gasteiger partial charge in [0, 0.05) is 19.1 Å². The molecular weight excluding hydrogens is 218 g/mol. The minimum absolute atomic E-state index is 0.0321. The van der Waals surface area contributed by atoms with Crippen LogP contribution in [0.3, 0.4) is 0 Å². The van der Waals surface area contributed by atoms with E-state index in [0.717, 1.165) is 25.7 Å². The first-order valence-electron chi connectivity index (χ1n) is 6.52. The van der Waals surface area contributed by atoms with Crippen LogP contribution in [-0.2, 0) is 14.3 Å². The van der Waals surface area contributed by atoms with Gasteiger partial charge in [0.15, 0.2) is 0 Å². The topological polar surface area (TPSA) is 55.4 Å². The zero-order valence-corrected chi connectivity index (χ0v) is 10.8. The molecule has 1 rings (SSSR count). The molecule has 4 heteroatoms. The average Bonchev–Trinajstić information content (AvgIpc) is 2.29. The van der Waals surface area contributed by atoms with Crippen LogP contribution in [0.1, 0.15) is 46.0 Å². The summed E-state index contributed by atoms with van der Waals surface area (Å²) in [6, 6.07) is -0.0321. The van der Waals surface area contributed by atoms with Gasteiger partial charge in [-0.3, -0.25) is 9.59 Å². The number of carbonyl (C=O) groups excluding carboxylic acids is 2. The van der Waals surface area contributed by atoms with Crippen molar-refractivity contribution in [2.24, 2.45) is 5.92 Å². The summed E-state index contributed by atoms with van der Waals surface area (Å²) in [4.78, 5) is 23.1. The maximum atomic E-state index is 11.7. The Hall–Kier alpha value is -0.900. The van der Waals surface area contributed by atoms with E-state index in [-0.39, 0.29) is 23.7 Å². The molecule has 2 atom stereocenters. The van der Waals surface area contributed by atoms with Gasteiger partial charge in [-0.1, -0.05) is 19.8 Å². The summed E-state index contributed by atoms with van der Waals surface area (Å²) in [6.45, 7) is 4.75. The van der Waals surface area contributed by atoms with E-state index < -0.39 is 0 Å². The van der Waals surface area contributed by atoms with Crippen LogP contribution in [0.5, 0.6) is 0 Å². The van der Waals surface area contributed by atoms with Gasteiger partial charge in [-0.2, -0.15) is 0 Å². The van der Waals surface area contributed by atoms with Gasteiger partial charge in [-0.05, 0) is 19.8 Å². The van der Waals surface area contributed by atoms with Gasteiger partial charge in [0.25, 0.3) is 0 Å². The van der Waals surface area contributed by atoms with Crippen LogP contribution in [0.4, 0.5) is 0 Å². The molecule has 1 heterocycles. The molecule has 1 fully saturated rings. The lowest BCUT2D eigenvalue weighted by Gasteiger charge is -2.30. The Kier molecular flexibility index (Phi) is 6.19. The maximum absolute atomic E-state index is 11.7. The molecule has 1 saturated heterocycles.